The lowest BCUT2D eigenvalue weighted by Crippen LogP contribution is -2.10. The molecule has 1 aromatic rings. The maximum absolute atomic E-state index is 11.0. The molecule has 0 saturated carbocycles. The smallest absolute Gasteiger partial charge is 0.307 e. The minimum absolute atomic E-state index is 0.244. The van der Waals surface area contributed by atoms with Crippen molar-refractivity contribution in [3.8, 4) is 0 Å². The van der Waals surface area contributed by atoms with Crippen LogP contribution in [0.3, 0.4) is 0 Å². The number of carbonyl (C=O) groups is 1. The SMILES string of the molecule is CSc1ccc(COC(=O)CCN)cc1. The number of ether oxygens (including phenoxy) is 1. The molecule has 1 aromatic carbocycles. The Morgan fingerprint density at radius 2 is 2.07 bits per heavy atom. The maximum Gasteiger partial charge on any atom is 0.307 e. The molecule has 4 heteroatoms. The van der Waals surface area contributed by atoms with Crippen molar-refractivity contribution in [1.29, 1.82) is 0 Å². The molecule has 0 atom stereocenters. The van der Waals surface area contributed by atoms with E-state index in [4.69, 9.17) is 10.5 Å². The van der Waals surface area contributed by atoms with Gasteiger partial charge in [-0.15, -0.1) is 11.8 Å². The van der Waals surface area contributed by atoms with Crippen LogP contribution in [0.4, 0.5) is 0 Å². The summed E-state index contributed by atoms with van der Waals surface area (Å²) in [5.74, 6) is -0.244. The van der Waals surface area contributed by atoms with Crippen LogP contribution in [0.2, 0.25) is 0 Å². The van der Waals surface area contributed by atoms with Gasteiger partial charge in [0.1, 0.15) is 6.61 Å². The van der Waals surface area contributed by atoms with Crippen molar-refractivity contribution >= 4 is 17.7 Å². The Kier molecular flexibility index (Phi) is 5.21. The summed E-state index contributed by atoms with van der Waals surface area (Å²) in [5.41, 5.74) is 6.23. The van der Waals surface area contributed by atoms with Gasteiger partial charge in [0.25, 0.3) is 0 Å². The summed E-state index contributed by atoms with van der Waals surface area (Å²) in [5, 5.41) is 0. The first kappa shape index (κ1) is 12.1. The monoisotopic (exact) mass is 225 g/mol. The Hall–Kier alpha value is -1.00. The lowest BCUT2D eigenvalue weighted by Gasteiger charge is -2.04. The number of hydrogen-bond donors (Lipinski definition) is 1. The molecule has 3 nitrogen and oxygen atoms in total. The predicted octanol–water partition coefficient (Wildman–Crippen LogP) is 1.80. The summed E-state index contributed by atoms with van der Waals surface area (Å²) in [6, 6.07) is 7.94. The lowest BCUT2D eigenvalue weighted by atomic mass is 10.2. The van der Waals surface area contributed by atoms with E-state index >= 15 is 0 Å². The highest BCUT2D eigenvalue weighted by atomic mass is 32.2. The lowest BCUT2D eigenvalue weighted by molar-refractivity contribution is -0.144. The van der Waals surface area contributed by atoms with Crippen molar-refractivity contribution in [2.24, 2.45) is 5.73 Å². The molecule has 0 radical (unpaired) electrons. The Bertz CT molecular complexity index is 311. The van der Waals surface area contributed by atoms with Gasteiger partial charge in [0, 0.05) is 11.4 Å². The van der Waals surface area contributed by atoms with E-state index in [0.717, 1.165) is 5.56 Å². The van der Waals surface area contributed by atoms with Crippen molar-refractivity contribution < 1.29 is 9.53 Å². The van der Waals surface area contributed by atoms with Crippen molar-refractivity contribution in [3.63, 3.8) is 0 Å². The molecule has 0 aliphatic heterocycles. The summed E-state index contributed by atoms with van der Waals surface area (Å²) >= 11 is 1.69. The standard InChI is InChI=1S/C11H15NO2S/c1-15-10-4-2-9(3-5-10)8-14-11(13)6-7-12/h2-5H,6-8,12H2,1H3. The van der Waals surface area contributed by atoms with Gasteiger partial charge in [0.15, 0.2) is 0 Å². The van der Waals surface area contributed by atoms with Crippen molar-refractivity contribution in [1.82, 2.24) is 0 Å². The third-order valence-electron chi connectivity index (χ3n) is 1.91. The molecule has 0 bridgehead atoms. The zero-order valence-corrected chi connectivity index (χ0v) is 9.55. The fraction of sp³-hybridized carbons (Fsp3) is 0.364. The van der Waals surface area contributed by atoms with Crippen LogP contribution in [-0.2, 0) is 16.1 Å². The van der Waals surface area contributed by atoms with Crippen LogP contribution in [0.25, 0.3) is 0 Å². The average molecular weight is 225 g/mol. The van der Waals surface area contributed by atoms with Crippen LogP contribution in [0.15, 0.2) is 29.2 Å². The van der Waals surface area contributed by atoms with E-state index in [-0.39, 0.29) is 12.4 Å². The molecule has 15 heavy (non-hydrogen) atoms. The fourth-order valence-corrected chi connectivity index (χ4v) is 1.48. The molecule has 0 aliphatic carbocycles. The van der Waals surface area contributed by atoms with E-state index < -0.39 is 0 Å². The van der Waals surface area contributed by atoms with Gasteiger partial charge in [-0.05, 0) is 24.0 Å². The molecule has 0 heterocycles. The highest BCUT2D eigenvalue weighted by molar-refractivity contribution is 7.98. The topological polar surface area (TPSA) is 52.3 Å². The number of thioether (sulfide) groups is 1. The number of benzene rings is 1. The van der Waals surface area contributed by atoms with Crippen LogP contribution >= 0.6 is 11.8 Å². The summed E-state index contributed by atoms with van der Waals surface area (Å²) < 4.78 is 5.02. The quantitative estimate of drug-likeness (QED) is 0.613. The van der Waals surface area contributed by atoms with E-state index in [1.165, 1.54) is 4.90 Å². The number of rotatable bonds is 5. The van der Waals surface area contributed by atoms with Gasteiger partial charge in [0.2, 0.25) is 0 Å². The van der Waals surface area contributed by atoms with E-state index in [1.54, 1.807) is 11.8 Å². The largest absolute Gasteiger partial charge is 0.461 e. The molecule has 0 saturated heterocycles. The first-order chi connectivity index (χ1) is 7.26. The van der Waals surface area contributed by atoms with Gasteiger partial charge in [-0.3, -0.25) is 4.79 Å². The zero-order chi connectivity index (χ0) is 11.1. The third-order valence-corrected chi connectivity index (χ3v) is 2.65. The third kappa shape index (κ3) is 4.36. The minimum Gasteiger partial charge on any atom is -0.461 e. The van der Waals surface area contributed by atoms with E-state index in [0.29, 0.717) is 13.2 Å². The van der Waals surface area contributed by atoms with Crippen LogP contribution in [-0.4, -0.2) is 18.8 Å². The number of esters is 1. The Balaban J connectivity index is 2.40. The highest BCUT2D eigenvalue weighted by Gasteiger charge is 2.01. The minimum atomic E-state index is -0.244. The van der Waals surface area contributed by atoms with Crippen LogP contribution < -0.4 is 5.73 Å². The molecular weight excluding hydrogens is 210 g/mol. The van der Waals surface area contributed by atoms with E-state index in [9.17, 15) is 4.79 Å². The van der Waals surface area contributed by atoms with Gasteiger partial charge in [0.05, 0.1) is 6.42 Å². The Morgan fingerprint density at radius 3 is 2.60 bits per heavy atom. The van der Waals surface area contributed by atoms with Crippen LogP contribution in [0, 0.1) is 0 Å². The van der Waals surface area contributed by atoms with Crippen LogP contribution in [0.5, 0.6) is 0 Å². The van der Waals surface area contributed by atoms with E-state index in [2.05, 4.69) is 0 Å². The molecule has 1 rings (SSSR count). The van der Waals surface area contributed by atoms with Gasteiger partial charge in [-0.2, -0.15) is 0 Å². The highest BCUT2D eigenvalue weighted by Crippen LogP contribution is 2.15. The van der Waals surface area contributed by atoms with E-state index in [1.807, 2.05) is 30.5 Å². The summed E-state index contributed by atoms with van der Waals surface area (Å²) in [6.45, 7) is 0.664. The van der Waals surface area contributed by atoms with Crippen molar-refractivity contribution in [2.45, 2.75) is 17.9 Å². The van der Waals surface area contributed by atoms with Gasteiger partial charge >= 0.3 is 5.97 Å². The summed E-state index contributed by atoms with van der Waals surface area (Å²) in [4.78, 5) is 12.2. The first-order valence-corrected chi connectivity index (χ1v) is 5.97. The second kappa shape index (κ2) is 6.48. The van der Waals surface area contributed by atoms with Gasteiger partial charge < -0.3 is 10.5 Å². The molecule has 0 aliphatic rings. The zero-order valence-electron chi connectivity index (χ0n) is 8.73. The Morgan fingerprint density at radius 1 is 1.40 bits per heavy atom. The fourth-order valence-electron chi connectivity index (χ4n) is 1.08. The second-order valence-electron chi connectivity index (χ2n) is 3.05. The molecule has 0 fully saturated rings. The summed E-state index contributed by atoms with van der Waals surface area (Å²) in [6.07, 6.45) is 2.30. The van der Waals surface area contributed by atoms with Gasteiger partial charge in [-0.1, -0.05) is 12.1 Å². The van der Waals surface area contributed by atoms with Crippen molar-refractivity contribution in [3.05, 3.63) is 29.8 Å². The average Bonchev–Trinajstić information content (AvgIpc) is 2.27. The van der Waals surface area contributed by atoms with Crippen LogP contribution in [0.1, 0.15) is 12.0 Å². The Labute approximate surface area is 94.0 Å². The molecule has 0 aromatic heterocycles. The molecule has 0 amide bonds. The second-order valence-corrected chi connectivity index (χ2v) is 3.93. The number of carbonyl (C=O) groups excluding carboxylic acids is 1. The predicted molar refractivity (Wildman–Crippen MR) is 61.7 cm³/mol. The molecule has 0 unspecified atom stereocenters. The molecular formula is C11H15NO2S. The normalized spacial score (nSPS) is 10.0. The van der Waals surface area contributed by atoms with Crippen molar-refractivity contribution in [2.75, 3.05) is 12.8 Å². The number of nitrogens with two attached hydrogens (primary N) is 1. The number of hydrogen-bond acceptors (Lipinski definition) is 4. The van der Waals surface area contributed by atoms with Gasteiger partial charge in [-0.25, -0.2) is 0 Å². The molecule has 2 N–H and O–H groups in total. The molecule has 0 spiro atoms. The maximum atomic E-state index is 11.0. The first-order valence-electron chi connectivity index (χ1n) is 4.75. The summed E-state index contributed by atoms with van der Waals surface area (Å²) in [7, 11) is 0. The molecule has 82 valence electrons.